The molecule has 1 fully saturated rings. The van der Waals surface area contributed by atoms with Crippen LogP contribution in [0.25, 0.3) is 11.1 Å². The molecule has 1 aliphatic heterocycles. The van der Waals surface area contributed by atoms with Crippen molar-refractivity contribution in [2.75, 3.05) is 37.3 Å². The molecule has 0 aliphatic carbocycles. The van der Waals surface area contributed by atoms with Crippen molar-refractivity contribution in [1.82, 2.24) is 4.90 Å². The molecule has 1 saturated heterocycles. The Labute approximate surface area is 215 Å². The van der Waals surface area contributed by atoms with Crippen LogP contribution >= 0.6 is 23.2 Å². The number of aromatic hydroxyl groups is 1. The van der Waals surface area contributed by atoms with Gasteiger partial charge in [-0.1, -0.05) is 23.2 Å². The number of halogens is 2. The van der Waals surface area contributed by atoms with Gasteiger partial charge in [0.15, 0.2) is 5.96 Å². The lowest BCUT2D eigenvalue weighted by molar-refractivity contribution is 0.238. The van der Waals surface area contributed by atoms with Gasteiger partial charge in [-0.2, -0.15) is 0 Å². The minimum absolute atomic E-state index is 0.0548. The number of benzene rings is 3. The summed E-state index contributed by atoms with van der Waals surface area (Å²) in [6.45, 7) is 5.81. The average Bonchev–Trinajstić information content (AvgIpc) is 3.34. The summed E-state index contributed by atoms with van der Waals surface area (Å²) in [4.78, 5) is 6.89. The fourth-order valence-electron chi connectivity index (χ4n) is 4.14. The van der Waals surface area contributed by atoms with Crippen LogP contribution in [0.1, 0.15) is 18.4 Å². The van der Waals surface area contributed by atoms with Crippen LogP contribution in [0.2, 0.25) is 10.0 Å². The molecule has 0 saturated carbocycles. The van der Waals surface area contributed by atoms with Gasteiger partial charge in [0.1, 0.15) is 18.1 Å². The Kier molecular flexibility index (Phi) is 7.90. The Bertz CT molecular complexity index is 1200. The molecule has 0 spiro atoms. The molecule has 1 heterocycles. The molecule has 0 unspecified atom stereocenters. The molecule has 7 nitrogen and oxygen atoms in total. The summed E-state index contributed by atoms with van der Waals surface area (Å²) in [6, 6.07) is 14.2. The largest absolute Gasteiger partial charge is 0.506 e. The van der Waals surface area contributed by atoms with Gasteiger partial charge < -0.3 is 26.6 Å². The van der Waals surface area contributed by atoms with E-state index in [9.17, 15) is 5.11 Å². The summed E-state index contributed by atoms with van der Waals surface area (Å²) >= 11 is 12.6. The highest BCUT2D eigenvalue weighted by atomic mass is 35.5. The lowest BCUT2D eigenvalue weighted by Gasteiger charge is -2.15. The summed E-state index contributed by atoms with van der Waals surface area (Å²) in [5, 5.41) is 13.6. The lowest BCUT2D eigenvalue weighted by Crippen LogP contribution is -2.25. The van der Waals surface area contributed by atoms with E-state index in [0.29, 0.717) is 34.1 Å². The van der Waals surface area contributed by atoms with Crippen molar-refractivity contribution >= 4 is 46.2 Å². The Hall–Kier alpha value is -3.13. The van der Waals surface area contributed by atoms with Crippen LogP contribution in [0.5, 0.6) is 11.5 Å². The minimum Gasteiger partial charge on any atom is -0.506 e. The number of guanidine groups is 1. The van der Waals surface area contributed by atoms with Crippen molar-refractivity contribution in [3.8, 4) is 22.6 Å². The van der Waals surface area contributed by atoms with E-state index in [0.717, 1.165) is 36.6 Å². The first-order valence-electron chi connectivity index (χ1n) is 11.5. The number of phenolic OH excluding ortho intramolecular Hbond substituents is 1. The molecule has 9 heteroatoms. The van der Waals surface area contributed by atoms with Crippen LogP contribution in [0.3, 0.4) is 0 Å². The van der Waals surface area contributed by atoms with Gasteiger partial charge in [-0.15, -0.1) is 0 Å². The summed E-state index contributed by atoms with van der Waals surface area (Å²) in [5.74, 6) is 0.953. The maximum absolute atomic E-state index is 9.96. The number of phenols is 1. The molecule has 0 amide bonds. The Morgan fingerprint density at radius 3 is 2.51 bits per heavy atom. The molecule has 0 atom stereocenters. The van der Waals surface area contributed by atoms with Crippen LogP contribution < -0.4 is 21.5 Å². The third-order valence-corrected chi connectivity index (χ3v) is 6.62. The molecule has 0 aromatic heterocycles. The van der Waals surface area contributed by atoms with E-state index in [1.54, 1.807) is 12.1 Å². The van der Waals surface area contributed by atoms with E-state index < -0.39 is 0 Å². The number of likely N-dealkylation sites (tertiary alicyclic amines) is 1. The van der Waals surface area contributed by atoms with Crippen LogP contribution in [-0.4, -0.2) is 42.2 Å². The average molecular weight is 514 g/mol. The number of nitrogens with one attached hydrogen (secondary N) is 1. The van der Waals surface area contributed by atoms with Crippen LogP contribution in [0.4, 0.5) is 17.1 Å². The van der Waals surface area contributed by atoms with Gasteiger partial charge in [0.2, 0.25) is 0 Å². The molecule has 0 radical (unpaired) electrons. The first kappa shape index (κ1) is 25.0. The standard InChI is InChI=1S/C26H29Cl2N5O2/c1-16-14-17(23-20(27)8-9-22(34)24(23)28)15-21(29)25(16)32-26(30)31-18-4-6-19(7-5-18)35-13-12-33-10-2-3-11-33/h4-9,14-15,34H,2-3,10-13,29H2,1H3,(H3,30,31,32). The van der Waals surface area contributed by atoms with Crippen molar-refractivity contribution in [3.63, 3.8) is 0 Å². The predicted molar refractivity (Wildman–Crippen MR) is 145 cm³/mol. The van der Waals surface area contributed by atoms with E-state index in [2.05, 4.69) is 15.2 Å². The molecule has 3 aromatic carbocycles. The number of anilines is 2. The number of nitrogens with zero attached hydrogens (tertiary/aromatic N) is 2. The second-order valence-corrected chi connectivity index (χ2v) is 9.32. The van der Waals surface area contributed by atoms with Crippen molar-refractivity contribution in [3.05, 3.63) is 64.1 Å². The maximum atomic E-state index is 9.96. The number of nitrogen functional groups attached to an aromatic ring is 1. The number of aliphatic imine (C=N–C) groups is 1. The smallest absolute Gasteiger partial charge is 0.198 e. The molecule has 184 valence electrons. The summed E-state index contributed by atoms with van der Waals surface area (Å²) in [5.41, 5.74) is 16.1. The lowest BCUT2D eigenvalue weighted by atomic mass is 10.0. The van der Waals surface area contributed by atoms with Crippen molar-refractivity contribution in [1.29, 1.82) is 0 Å². The molecule has 0 bridgehead atoms. The van der Waals surface area contributed by atoms with Crippen LogP contribution in [0.15, 0.2) is 53.5 Å². The zero-order valence-electron chi connectivity index (χ0n) is 19.5. The molecular formula is C26H29Cl2N5O2. The number of ether oxygens (including phenoxy) is 1. The minimum atomic E-state index is -0.0548. The van der Waals surface area contributed by atoms with E-state index in [-0.39, 0.29) is 16.7 Å². The maximum Gasteiger partial charge on any atom is 0.198 e. The first-order chi connectivity index (χ1) is 16.8. The number of hydrogen-bond donors (Lipinski definition) is 4. The second-order valence-electron chi connectivity index (χ2n) is 8.53. The number of aryl methyl sites for hydroxylation is 1. The molecular weight excluding hydrogens is 485 g/mol. The normalized spacial score (nSPS) is 14.3. The molecule has 3 aromatic rings. The molecule has 4 rings (SSSR count). The highest BCUT2D eigenvalue weighted by Gasteiger charge is 2.15. The Morgan fingerprint density at radius 2 is 1.83 bits per heavy atom. The van der Waals surface area contributed by atoms with Gasteiger partial charge in [-0.25, -0.2) is 4.99 Å². The van der Waals surface area contributed by atoms with Gasteiger partial charge in [0.05, 0.1) is 21.4 Å². The van der Waals surface area contributed by atoms with E-state index >= 15 is 0 Å². The first-order valence-corrected chi connectivity index (χ1v) is 12.2. The SMILES string of the molecule is Cc1cc(-c2c(Cl)ccc(O)c2Cl)cc(N)c1N=C(N)Nc1ccc(OCCN2CCCC2)cc1. The zero-order valence-corrected chi connectivity index (χ0v) is 21.0. The molecule has 1 aliphatic rings. The van der Waals surface area contributed by atoms with Gasteiger partial charge in [-0.05, 0) is 92.5 Å². The van der Waals surface area contributed by atoms with E-state index in [1.807, 2.05) is 37.3 Å². The Morgan fingerprint density at radius 1 is 1.11 bits per heavy atom. The quantitative estimate of drug-likeness (QED) is 0.181. The van der Waals surface area contributed by atoms with Gasteiger partial charge in [0, 0.05) is 17.8 Å². The predicted octanol–water partition coefficient (Wildman–Crippen LogP) is 5.79. The summed E-state index contributed by atoms with van der Waals surface area (Å²) < 4.78 is 5.84. The van der Waals surface area contributed by atoms with E-state index in [1.165, 1.54) is 18.9 Å². The van der Waals surface area contributed by atoms with Crippen molar-refractivity contribution < 1.29 is 9.84 Å². The van der Waals surface area contributed by atoms with Crippen LogP contribution in [-0.2, 0) is 0 Å². The van der Waals surface area contributed by atoms with Crippen molar-refractivity contribution in [2.24, 2.45) is 10.7 Å². The number of nitrogens with two attached hydrogens (primary N) is 2. The third kappa shape index (κ3) is 6.11. The van der Waals surface area contributed by atoms with Gasteiger partial charge in [0.25, 0.3) is 0 Å². The van der Waals surface area contributed by atoms with Crippen LogP contribution in [0, 0.1) is 6.92 Å². The zero-order chi connectivity index (χ0) is 24.9. The number of rotatable bonds is 7. The highest BCUT2D eigenvalue weighted by Crippen LogP contribution is 2.42. The summed E-state index contributed by atoms with van der Waals surface area (Å²) in [7, 11) is 0. The number of hydrogen-bond acceptors (Lipinski definition) is 5. The molecule has 35 heavy (non-hydrogen) atoms. The van der Waals surface area contributed by atoms with Gasteiger partial charge >= 0.3 is 0 Å². The highest BCUT2D eigenvalue weighted by molar-refractivity contribution is 6.40. The monoisotopic (exact) mass is 513 g/mol. The topological polar surface area (TPSA) is 109 Å². The van der Waals surface area contributed by atoms with E-state index in [4.69, 9.17) is 39.4 Å². The fourth-order valence-corrected chi connectivity index (χ4v) is 4.73. The second kappa shape index (κ2) is 11.1. The summed E-state index contributed by atoms with van der Waals surface area (Å²) in [6.07, 6.45) is 2.55. The fraction of sp³-hybridized carbons (Fsp3) is 0.269. The van der Waals surface area contributed by atoms with Crippen molar-refractivity contribution in [2.45, 2.75) is 19.8 Å². The van der Waals surface area contributed by atoms with Gasteiger partial charge in [-0.3, -0.25) is 4.90 Å². The third-order valence-electron chi connectivity index (χ3n) is 5.92. The molecule has 6 N–H and O–H groups in total. The Balaban J connectivity index is 1.43.